The molecule has 0 aliphatic carbocycles. The molecule has 0 fully saturated rings. The van der Waals surface area contributed by atoms with E-state index in [1.54, 1.807) is 35.2 Å². The summed E-state index contributed by atoms with van der Waals surface area (Å²) >= 11 is 6.18. The number of carbonyl (C=O) groups excluding carboxylic acids is 2. The van der Waals surface area contributed by atoms with Gasteiger partial charge in [0.25, 0.3) is 5.91 Å². The van der Waals surface area contributed by atoms with Crippen molar-refractivity contribution < 1.29 is 14.3 Å². The summed E-state index contributed by atoms with van der Waals surface area (Å²) in [5, 5.41) is 0.594. The van der Waals surface area contributed by atoms with Crippen LogP contribution in [0.15, 0.2) is 54.6 Å². The SMILES string of the molecule is COC(=O)CCN(Cc1ccccc1Cl)C(=O)c1ccccc1. The molecule has 0 N–H and O–H groups in total. The molecule has 4 nitrogen and oxygen atoms in total. The Kier molecular flexibility index (Phi) is 6.18. The first kappa shape index (κ1) is 17.0. The van der Waals surface area contributed by atoms with Crippen molar-refractivity contribution in [3.63, 3.8) is 0 Å². The monoisotopic (exact) mass is 331 g/mol. The average Bonchev–Trinajstić information content (AvgIpc) is 2.60. The van der Waals surface area contributed by atoms with Gasteiger partial charge in [-0.15, -0.1) is 0 Å². The van der Waals surface area contributed by atoms with Gasteiger partial charge in [0.15, 0.2) is 0 Å². The molecule has 0 heterocycles. The zero-order chi connectivity index (χ0) is 16.7. The molecule has 2 rings (SSSR count). The number of halogens is 1. The first-order chi connectivity index (χ1) is 11.1. The summed E-state index contributed by atoms with van der Waals surface area (Å²) < 4.78 is 4.66. The summed E-state index contributed by atoms with van der Waals surface area (Å²) in [4.78, 5) is 25.7. The molecule has 1 amide bonds. The maximum atomic E-state index is 12.7. The van der Waals surface area contributed by atoms with Crippen molar-refractivity contribution in [3.8, 4) is 0 Å². The Labute approximate surface area is 140 Å². The van der Waals surface area contributed by atoms with E-state index >= 15 is 0 Å². The molecule has 5 heteroatoms. The largest absolute Gasteiger partial charge is 0.469 e. The van der Waals surface area contributed by atoms with Gasteiger partial charge in [0.1, 0.15) is 0 Å². The van der Waals surface area contributed by atoms with E-state index in [1.807, 2.05) is 24.3 Å². The Morgan fingerprint density at radius 3 is 2.35 bits per heavy atom. The maximum absolute atomic E-state index is 12.7. The smallest absolute Gasteiger partial charge is 0.307 e. The molecule has 0 aliphatic rings. The predicted molar refractivity (Wildman–Crippen MR) is 89.3 cm³/mol. The molecule has 2 aromatic carbocycles. The van der Waals surface area contributed by atoms with Crippen LogP contribution in [0.25, 0.3) is 0 Å². The number of methoxy groups -OCH3 is 1. The van der Waals surface area contributed by atoms with E-state index in [2.05, 4.69) is 4.74 Å². The lowest BCUT2D eigenvalue weighted by molar-refractivity contribution is -0.140. The average molecular weight is 332 g/mol. The highest BCUT2D eigenvalue weighted by atomic mass is 35.5. The number of amides is 1. The van der Waals surface area contributed by atoms with Crippen molar-refractivity contribution in [2.24, 2.45) is 0 Å². The molecule has 0 bridgehead atoms. The Bertz CT molecular complexity index is 673. The second-order valence-electron chi connectivity index (χ2n) is 5.01. The molecule has 0 saturated heterocycles. The fourth-order valence-electron chi connectivity index (χ4n) is 2.18. The van der Waals surface area contributed by atoms with Crippen LogP contribution < -0.4 is 0 Å². The van der Waals surface area contributed by atoms with Gasteiger partial charge in [-0.1, -0.05) is 48.0 Å². The zero-order valence-corrected chi connectivity index (χ0v) is 13.6. The van der Waals surface area contributed by atoms with Crippen molar-refractivity contribution in [1.82, 2.24) is 4.90 Å². The molecule has 0 atom stereocenters. The molecule has 23 heavy (non-hydrogen) atoms. The van der Waals surface area contributed by atoms with Crippen LogP contribution >= 0.6 is 11.6 Å². The number of rotatable bonds is 6. The minimum absolute atomic E-state index is 0.138. The van der Waals surface area contributed by atoms with Gasteiger partial charge in [-0.3, -0.25) is 9.59 Å². The summed E-state index contributed by atoms with van der Waals surface area (Å²) in [7, 11) is 1.33. The molecular weight excluding hydrogens is 314 g/mol. The molecule has 0 aliphatic heterocycles. The van der Waals surface area contributed by atoms with Gasteiger partial charge in [0.2, 0.25) is 0 Å². The summed E-state index contributed by atoms with van der Waals surface area (Å²) in [5.74, 6) is -0.496. The molecule has 2 aromatic rings. The van der Waals surface area contributed by atoms with Crippen molar-refractivity contribution in [1.29, 1.82) is 0 Å². The number of benzene rings is 2. The predicted octanol–water partition coefficient (Wildman–Crippen LogP) is 3.55. The van der Waals surface area contributed by atoms with E-state index in [0.29, 0.717) is 17.1 Å². The van der Waals surface area contributed by atoms with Crippen LogP contribution in [-0.4, -0.2) is 30.4 Å². The van der Waals surface area contributed by atoms with Gasteiger partial charge in [-0.05, 0) is 23.8 Å². The van der Waals surface area contributed by atoms with Crippen molar-refractivity contribution in [3.05, 3.63) is 70.7 Å². The first-order valence-corrected chi connectivity index (χ1v) is 7.64. The van der Waals surface area contributed by atoms with Gasteiger partial charge in [0, 0.05) is 23.7 Å². The van der Waals surface area contributed by atoms with Crippen LogP contribution in [0.3, 0.4) is 0 Å². The van der Waals surface area contributed by atoms with E-state index in [-0.39, 0.29) is 24.8 Å². The van der Waals surface area contributed by atoms with E-state index in [9.17, 15) is 9.59 Å². The summed E-state index contributed by atoms with van der Waals surface area (Å²) in [6.45, 7) is 0.607. The van der Waals surface area contributed by atoms with Crippen LogP contribution in [0.1, 0.15) is 22.3 Å². The topological polar surface area (TPSA) is 46.6 Å². The van der Waals surface area contributed by atoms with Crippen LogP contribution in [0.2, 0.25) is 5.02 Å². The maximum Gasteiger partial charge on any atom is 0.307 e. The van der Waals surface area contributed by atoms with E-state index in [4.69, 9.17) is 11.6 Å². The summed E-state index contributed by atoms with van der Waals surface area (Å²) in [6.07, 6.45) is 0.138. The second-order valence-corrected chi connectivity index (χ2v) is 5.42. The summed E-state index contributed by atoms with van der Waals surface area (Å²) in [5.41, 5.74) is 1.41. The molecule has 0 radical (unpaired) electrons. The molecule has 0 spiro atoms. The lowest BCUT2D eigenvalue weighted by Crippen LogP contribution is -2.32. The standard InChI is InChI=1S/C18H18ClNO3/c1-23-17(21)11-12-20(13-15-9-5-6-10-16(15)19)18(22)14-7-3-2-4-8-14/h2-10H,11-13H2,1H3. The zero-order valence-electron chi connectivity index (χ0n) is 12.9. The number of nitrogens with zero attached hydrogens (tertiary/aromatic N) is 1. The fourth-order valence-corrected chi connectivity index (χ4v) is 2.37. The third kappa shape index (κ3) is 4.83. The highest BCUT2D eigenvalue weighted by molar-refractivity contribution is 6.31. The number of ether oxygens (including phenoxy) is 1. The van der Waals surface area contributed by atoms with Crippen LogP contribution in [0.5, 0.6) is 0 Å². The Balaban J connectivity index is 2.19. The van der Waals surface area contributed by atoms with E-state index in [1.165, 1.54) is 7.11 Å². The normalized spacial score (nSPS) is 10.2. The van der Waals surface area contributed by atoms with Crippen molar-refractivity contribution >= 4 is 23.5 Å². The van der Waals surface area contributed by atoms with Crippen molar-refractivity contribution in [2.75, 3.05) is 13.7 Å². The minimum atomic E-state index is -0.352. The lowest BCUT2D eigenvalue weighted by atomic mass is 10.1. The van der Waals surface area contributed by atoms with Gasteiger partial charge in [-0.2, -0.15) is 0 Å². The highest BCUT2D eigenvalue weighted by Gasteiger charge is 2.18. The number of carbonyl (C=O) groups is 2. The Morgan fingerprint density at radius 1 is 1.04 bits per heavy atom. The van der Waals surface area contributed by atoms with Gasteiger partial charge < -0.3 is 9.64 Å². The molecule has 120 valence electrons. The van der Waals surface area contributed by atoms with Crippen LogP contribution in [0.4, 0.5) is 0 Å². The number of hydrogen-bond donors (Lipinski definition) is 0. The molecule has 0 aromatic heterocycles. The van der Waals surface area contributed by atoms with Gasteiger partial charge in [0.05, 0.1) is 13.5 Å². The summed E-state index contributed by atoms with van der Waals surface area (Å²) in [6, 6.07) is 16.3. The van der Waals surface area contributed by atoms with Gasteiger partial charge in [-0.25, -0.2) is 0 Å². The Morgan fingerprint density at radius 2 is 1.70 bits per heavy atom. The lowest BCUT2D eigenvalue weighted by Gasteiger charge is -2.23. The second kappa shape index (κ2) is 8.34. The van der Waals surface area contributed by atoms with E-state index in [0.717, 1.165) is 5.56 Å². The number of esters is 1. The third-order valence-corrected chi connectivity index (χ3v) is 3.81. The fraction of sp³-hybridized carbons (Fsp3) is 0.222. The van der Waals surface area contributed by atoms with Crippen LogP contribution in [0, 0.1) is 0 Å². The first-order valence-electron chi connectivity index (χ1n) is 7.26. The van der Waals surface area contributed by atoms with Gasteiger partial charge >= 0.3 is 5.97 Å². The Hall–Kier alpha value is -2.33. The number of hydrogen-bond acceptors (Lipinski definition) is 3. The highest BCUT2D eigenvalue weighted by Crippen LogP contribution is 2.18. The van der Waals surface area contributed by atoms with Crippen molar-refractivity contribution in [2.45, 2.75) is 13.0 Å². The van der Waals surface area contributed by atoms with E-state index < -0.39 is 0 Å². The quantitative estimate of drug-likeness (QED) is 0.760. The molecule has 0 unspecified atom stereocenters. The minimum Gasteiger partial charge on any atom is -0.469 e. The molecular formula is C18H18ClNO3. The molecule has 0 saturated carbocycles. The van der Waals surface area contributed by atoms with Crippen LogP contribution in [-0.2, 0) is 16.1 Å². The third-order valence-electron chi connectivity index (χ3n) is 3.44.